The second kappa shape index (κ2) is 9.09. The predicted octanol–water partition coefficient (Wildman–Crippen LogP) is 4.65. The molecule has 2 fully saturated rings. The lowest BCUT2D eigenvalue weighted by Crippen LogP contribution is -2.51. The highest BCUT2D eigenvalue weighted by Gasteiger charge is 2.47. The first-order chi connectivity index (χ1) is 14.1. The van der Waals surface area contributed by atoms with Crippen LogP contribution in [-0.2, 0) is 21.4 Å². The minimum Gasteiger partial charge on any atom is -0.381 e. The van der Waals surface area contributed by atoms with Crippen LogP contribution in [0.3, 0.4) is 0 Å². The van der Waals surface area contributed by atoms with Crippen LogP contribution >= 0.6 is 11.6 Å². The number of benzene rings is 1. The maximum Gasteiger partial charge on any atom is 0.141 e. The Morgan fingerprint density at radius 1 is 1.10 bits per heavy atom. The van der Waals surface area contributed by atoms with Crippen LogP contribution in [0.15, 0.2) is 42.6 Å². The second-order valence-electron chi connectivity index (χ2n) is 8.27. The fraction of sp³-hybridized carbons (Fsp3) is 0.522. The Morgan fingerprint density at radius 2 is 1.97 bits per heavy atom. The van der Waals surface area contributed by atoms with Gasteiger partial charge in [0, 0.05) is 42.5 Å². The summed E-state index contributed by atoms with van der Waals surface area (Å²) in [6.07, 6.45) is 5.88. The number of pyridine rings is 1. The fourth-order valence-corrected chi connectivity index (χ4v) is 4.95. The van der Waals surface area contributed by atoms with Crippen molar-refractivity contribution in [3.63, 3.8) is 0 Å². The molecule has 2 saturated heterocycles. The normalized spacial score (nSPS) is 23.9. The quantitative estimate of drug-likeness (QED) is 0.693. The Balaban J connectivity index is 1.48. The molecule has 1 N–H and O–H groups in total. The molecular formula is C23H28ClFN2O2. The van der Waals surface area contributed by atoms with Crippen molar-refractivity contribution in [3.05, 3.63) is 64.7 Å². The summed E-state index contributed by atoms with van der Waals surface area (Å²) in [5.41, 5.74) is 1.86. The third-order valence-corrected chi connectivity index (χ3v) is 6.56. The van der Waals surface area contributed by atoms with E-state index in [9.17, 15) is 4.39 Å². The lowest BCUT2D eigenvalue weighted by atomic mass is 9.66. The number of hydrogen-bond acceptors (Lipinski definition) is 4. The van der Waals surface area contributed by atoms with Crippen LogP contribution in [0, 0.1) is 5.82 Å². The van der Waals surface area contributed by atoms with E-state index in [2.05, 4.69) is 16.4 Å². The van der Waals surface area contributed by atoms with E-state index in [1.165, 1.54) is 17.8 Å². The van der Waals surface area contributed by atoms with E-state index in [1.54, 1.807) is 0 Å². The summed E-state index contributed by atoms with van der Waals surface area (Å²) in [5.74, 6) is -0.296. The molecule has 4 nitrogen and oxygen atoms in total. The van der Waals surface area contributed by atoms with Crippen LogP contribution in [0.4, 0.5) is 4.39 Å². The van der Waals surface area contributed by atoms with Crippen molar-refractivity contribution >= 4 is 11.6 Å². The maximum absolute atomic E-state index is 13.5. The van der Waals surface area contributed by atoms with Crippen molar-refractivity contribution < 1.29 is 13.9 Å². The van der Waals surface area contributed by atoms with E-state index in [0.717, 1.165) is 69.1 Å². The lowest BCUT2D eigenvalue weighted by molar-refractivity contribution is -0.154. The zero-order valence-electron chi connectivity index (χ0n) is 16.6. The third-order valence-electron chi connectivity index (χ3n) is 6.32. The molecule has 0 bridgehead atoms. The van der Waals surface area contributed by atoms with Gasteiger partial charge in [-0.25, -0.2) is 4.39 Å². The smallest absolute Gasteiger partial charge is 0.141 e. The highest BCUT2D eigenvalue weighted by Crippen LogP contribution is 2.47. The van der Waals surface area contributed by atoms with Gasteiger partial charge in [0.25, 0.3) is 0 Å². The predicted molar refractivity (Wildman–Crippen MR) is 112 cm³/mol. The molecule has 2 aliphatic rings. The van der Waals surface area contributed by atoms with E-state index < -0.39 is 0 Å². The number of ether oxygens (including phenoxy) is 2. The van der Waals surface area contributed by atoms with Crippen molar-refractivity contribution in [1.29, 1.82) is 0 Å². The summed E-state index contributed by atoms with van der Waals surface area (Å²) < 4.78 is 25.4. The molecule has 4 rings (SSSR count). The largest absolute Gasteiger partial charge is 0.381 e. The van der Waals surface area contributed by atoms with Gasteiger partial charge < -0.3 is 14.8 Å². The summed E-state index contributed by atoms with van der Waals surface area (Å²) >= 11 is 6.09. The molecule has 0 saturated carbocycles. The number of aromatic nitrogens is 1. The first-order valence-electron chi connectivity index (χ1n) is 10.4. The standard InChI is InChI=1S/C23H28ClFN2O2/c24-19-3-1-2-18(14-19)15-26-10-6-22(21-5-4-20(25)16-27-21)7-13-29-23(17-22)8-11-28-12-9-23/h1-5,14,16,26H,6-13,15,17H2/t22-/m1/s1. The third kappa shape index (κ3) is 4.97. The Labute approximate surface area is 176 Å². The molecule has 1 aromatic carbocycles. The van der Waals surface area contributed by atoms with Gasteiger partial charge in [-0.1, -0.05) is 23.7 Å². The zero-order valence-corrected chi connectivity index (χ0v) is 17.4. The molecular weight excluding hydrogens is 391 g/mol. The number of rotatable bonds is 6. The summed E-state index contributed by atoms with van der Waals surface area (Å²) in [4.78, 5) is 4.49. The van der Waals surface area contributed by atoms with Gasteiger partial charge in [0.15, 0.2) is 0 Å². The Kier molecular flexibility index (Phi) is 6.50. The molecule has 156 valence electrons. The summed E-state index contributed by atoms with van der Waals surface area (Å²) in [7, 11) is 0. The van der Waals surface area contributed by atoms with Crippen LogP contribution < -0.4 is 5.32 Å². The van der Waals surface area contributed by atoms with E-state index in [1.807, 2.05) is 24.3 Å². The van der Waals surface area contributed by atoms with Gasteiger partial charge in [0.05, 0.1) is 11.8 Å². The van der Waals surface area contributed by atoms with Crippen LogP contribution in [0.1, 0.15) is 43.4 Å². The number of hydrogen-bond donors (Lipinski definition) is 1. The molecule has 6 heteroatoms. The van der Waals surface area contributed by atoms with Gasteiger partial charge >= 0.3 is 0 Å². The van der Waals surface area contributed by atoms with Gasteiger partial charge in [0.1, 0.15) is 5.82 Å². The lowest BCUT2D eigenvalue weighted by Gasteiger charge is -2.49. The average Bonchev–Trinajstić information content (AvgIpc) is 2.72. The minimum absolute atomic E-state index is 0.120. The van der Waals surface area contributed by atoms with Crippen molar-refractivity contribution in [2.45, 2.75) is 49.7 Å². The molecule has 0 unspecified atom stereocenters. The molecule has 1 spiro atoms. The van der Waals surface area contributed by atoms with Crippen LogP contribution in [0.2, 0.25) is 5.02 Å². The molecule has 0 amide bonds. The van der Waals surface area contributed by atoms with Crippen LogP contribution in [-0.4, -0.2) is 37.0 Å². The number of nitrogens with one attached hydrogen (secondary N) is 1. The van der Waals surface area contributed by atoms with Crippen LogP contribution in [0.5, 0.6) is 0 Å². The Hall–Kier alpha value is -1.53. The Morgan fingerprint density at radius 3 is 2.72 bits per heavy atom. The van der Waals surface area contributed by atoms with E-state index in [0.29, 0.717) is 6.61 Å². The van der Waals surface area contributed by atoms with Crippen molar-refractivity contribution in [3.8, 4) is 0 Å². The molecule has 1 atom stereocenters. The van der Waals surface area contributed by atoms with E-state index in [-0.39, 0.29) is 16.8 Å². The highest BCUT2D eigenvalue weighted by atomic mass is 35.5. The van der Waals surface area contributed by atoms with Crippen molar-refractivity contribution in [2.24, 2.45) is 0 Å². The van der Waals surface area contributed by atoms with Crippen LogP contribution in [0.25, 0.3) is 0 Å². The molecule has 0 radical (unpaired) electrons. The monoisotopic (exact) mass is 418 g/mol. The summed E-state index contributed by atoms with van der Waals surface area (Å²) in [5, 5.41) is 4.30. The maximum atomic E-state index is 13.5. The van der Waals surface area contributed by atoms with E-state index in [4.69, 9.17) is 21.1 Å². The second-order valence-corrected chi connectivity index (χ2v) is 8.71. The van der Waals surface area contributed by atoms with Gasteiger partial charge in [-0.2, -0.15) is 0 Å². The topological polar surface area (TPSA) is 43.4 Å². The van der Waals surface area contributed by atoms with Gasteiger partial charge in [-0.05, 0) is 68.5 Å². The number of nitrogens with zero attached hydrogens (tertiary/aromatic N) is 1. The van der Waals surface area contributed by atoms with Gasteiger partial charge in [-0.15, -0.1) is 0 Å². The van der Waals surface area contributed by atoms with Gasteiger partial charge in [-0.3, -0.25) is 4.98 Å². The van der Waals surface area contributed by atoms with E-state index >= 15 is 0 Å². The average molecular weight is 419 g/mol. The van der Waals surface area contributed by atoms with Crippen molar-refractivity contribution in [1.82, 2.24) is 10.3 Å². The first-order valence-corrected chi connectivity index (χ1v) is 10.8. The Bertz CT molecular complexity index is 805. The summed E-state index contributed by atoms with van der Waals surface area (Å²) in [6, 6.07) is 11.3. The summed E-state index contributed by atoms with van der Waals surface area (Å²) in [6.45, 7) is 3.79. The van der Waals surface area contributed by atoms with Crippen molar-refractivity contribution in [2.75, 3.05) is 26.4 Å². The molecule has 29 heavy (non-hydrogen) atoms. The van der Waals surface area contributed by atoms with Gasteiger partial charge in [0.2, 0.25) is 0 Å². The molecule has 2 aliphatic heterocycles. The highest BCUT2D eigenvalue weighted by molar-refractivity contribution is 6.30. The zero-order chi connectivity index (χ0) is 20.2. The SMILES string of the molecule is Fc1ccc([C@]2(CCNCc3cccc(Cl)c3)CCOC3(CCOCC3)C2)nc1. The molecule has 3 heterocycles. The molecule has 0 aliphatic carbocycles. The minimum atomic E-state index is -0.296. The molecule has 2 aromatic rings. The molecule has 1 aromatic heterocycles. The first kappa shape index (κ1) is 20.7. The fourth-order valence-electron chi connectivity index (χ4n) is 4.74. The number of halogens is 2.